The van der Waals surface area contributed by atoms with Crippen LogP contribution in [0.15, 0.2) is 96.3 Å². The average Bonchev–Trinajstić information content (AvgIpc) is 1.42. The Morgan fingerprint density at radius 3 is 1.82 bits per heavy atom. The number of likely N-dealkylation sites (N-methyl/N-ethyl adjacent to an activating group) is 3. The van der Waals surface area contributed by atoms with Gasteiger partial charge < -0.3 is 75.3 Å². The molecule has 1 unspecified atom stereocenters. The molecule has 4 aromatic rings. The lowest BCUT2D eigenvalue weighted by atomic mass is 9.44. The molecular formula is C75H99N11O12. The third-order valence-electron chi connectivity index (χ3n) is 23.3. The summed E-state index contributed by atoms with van der Waals surface area (Å²) in [5, 5.41) is 17.6. The number of piperidine rings is 2. The number of esters is 1. The highest BCUT2D eigenvalue weighted by Gasteiger charge is 2.71. The van der Waals surface area contributed by atoms with Gasteiger partial charge in [-0.2, -0.15) is 0 Å². The molecule has 10 N–H and O–H groups in total. The number of likely N-dealkylation sites (tertiary alicyclic amines) is 2. The van der Waals surface area contributed by atoms with E-state index in [0.29, 0.717) is 99.9 Å². The van der Waals surface area contributed by atoms with Crippen molar-refractivity contribution in [2.45, 2.75) is 164 Å². The van der Waals surface area contributed by atoms with Crippen LogP contribution in [-0.4, -0.2) is 186 Å². The van der Waals surface area contributed by atoms with Gasteiger partial charge in [-0.05, 0) is 194 Å². The standard InChI is InChI=1S/C75H99N11O12/c1-72-31-29-49(65-74(72)33-39-83(3)58(72)42-47-21-27-55(92-7)63(97-65)61(47)74)44-60(88)85(5)38-13-16-54(87)52(14-9-11-35-76)81-70(95-51-25-19-46(20-26-51)69(90)94-50-23-17-45(18-24-50)67(78)79)82-53(15-10-12-36-77)68(89)80-37-41-86(6)71(91)96-57-30-32-73(2)59-43-48-22-28-56(93-8)64-62(48)75(73,66(57)98-64)34-40-84(59)4/h17-30,52-53,58-59,65-66,70,81-82H,9-16,31-44,76-77H2,1-8H3,(H3,78,79)(H,80,89)/t52-,53+,58+,59+,65-,66-,70?,72-,73-,74-,75-/m0/s1. The van der Waals surface area contributed by atoms with Crippen LogP contribution in [0, 0.1) is 16.2 Å². The van der Waals surface area contributed by atoms with E-state index >= 15 is 0 Å². The van der Waals surface area contributed by atoms with E-state index < -0.39 is 42.0 Å². The summed E-state index contributed by atoms with van der Waals surface area (Å²) in [6, 6.07) is 19.8. The van der Waals surface area contributed by atoms with E-state index in [2.05, 4.69) is 71.9 Å². The number of unbranched alkanes of at least 4 members (excludes halogenated alkanes) is 2. The first-order chi connectivity index (χ1) is 47.1. The number of nitrogen functional groups attached to an aromatic ring is 1. The molecular weight excluding hydrogens is 1250 g/mol. The number of Topliss-reactive ketones (excluding diaryl/α,β-unsaturated/α-hetero) is 1. The molecule has 2 fully saturated rings. The van der Waals surface area contributed by atoms with Crippen molar-refractivity contribution < 1.29 is 57.1 Å². The number of ketones is 1. The third kappa shape index (κ3) is 12.6. The second-order valence-electron chi connectivity index (χ2n) is 28.7. The molecule has 98 heavy (non-hydrogen) atoms. The van der Waals surface area contributed by atoms with Crippen LogP contribution in [0.4, 0.5) is 4.79 Å². The van der Waals surface area contributed by atoms with Gasteiger partial charge in [-0.3, -0.25) is 30.4 Å². The summed E-state index contributed by atoms with van der Waals surface area (Å²) >= 11 is 0. The van der Waals surface area contributed by atoms with Crippen molar-refractivity contribution in [2.24, 2.45) is 28.0 Å². The van der Waals surface area contributed by atoms with E-state index in [1.165, 1.54) is 27.2 Å². The molecule has 4 aromatic carbocycles. The van der Waals surface area contributed by atoms with E-state index in [0.717, 1.165) is 68.0 Å². The van der Waals surface area contributed by atoms with Gasteiger partial charge in [-0.25, -0.2) is 9.59 Å². The van der Waals surface area contributed by atoms with Crippen LogP contribution in [0.25, 0.3) is 0 Å². The van der Waals surface area contributed by atoms with Crippen molar-refractivity contribution >= 4 is 35.5 Å². The molecule has 526 valence electrons. The highest BCUT2D eigenvalue weighted by molar-refractivity contribution is 5.95. The lowest BCUT2D eigenvalue weighted by Crippen LogP contribution is -2.69. The Balaban J connectivity index is 0.719. The van der Waals surface area contributed by atoms with Gasteiger partial charge in [-0.15, -0.1) is 0 Å². The molecule has 3 amide bonds. The Bertz CT molecular complexity index is 3570. The van der Waals surface area contributed by atoms with Gasteiger partial charge in [0.15, 0.2) is 29.1 Å². The quantitative estimate of drug-likeness (QED) is 0.00509. The second kappa shape index (κ2) is 28.7. The first-order valence-corrected chi connectivity index (χ1v) is 35.0. The molecule has 23 nitrogen and oxygen atoms in total. The normalized spacial score (nSPS) is 25.9. The number of hydrogen-bond donors (Lipinski definition) is 7. The largest absolute Gasteiger partial charge is 0.493 e. The summed E-state index contributed by atoms with van der Waals surface area (Å²) < 4.78 is 44.2. The fraction of sp³-hybridized carbons (Fsp3) is 0.547. The summed E-state index contributed by atoms with van der Waals surface area (Å²) in [7, 11) is 11.2. The second-order valence-corrected chi connectivity index (χ2v) is 28.7. The van der Waals surface area contributed by atoms with Crippen LogP contribution in [0.2, 0.25) is 0 Å². The highest BCUT2D eigenvalue weighted by Crippen LogP contribution is 2.71. The summed E-state index contributed by atoms with van der Waals surface area (Å²) in [5.74, 6) is 2.65. The number of carbonyl (C=O) groups excluding carboxylic acids is 5. The van der Waals surface area contributed by atoms with Crippen molar-refractivity contribution in [3.8, 4) is 34.5 Å². The molecule has 0 radical (unpaired) electrons. The summed E-state index contributed by atoms with van der Waals surface area (Å²) in [4.78, 5) is 79.4. The fourth-order valence-electron chi connectivity index (χ4n) is 17.9. The molecule has 4 bridgehead atoms. The molecule has 4 heterocycles. The zero-order valence-electron chi connectivity index (χ0n) is 58.1. The van der Waals surface area contributed by atoms with Crippen molar-refractivity contribution in [3.63, 3.8) is 0 Å². The van der Waals surface area contributed by atoms with Gasteiger partial charge in [0.05, 0.1) is 43.7 Å². The number of rotatable bonds is 31. The van der Waals surface area contributed by atoms with Gasteiger partial charge in [0.2, 0.25) is 18.2 Å². The summed E-state index contributed by atoms with van der Waals surface area (Å²) in [6.45, 7) is 7.87. The van der Waals surface area contributed by atoms with E-state index in [9.17, 15) is 24.0 Å². The Morgan fingerprint density at radius 2 is 1.22 bits per heavy atom. The zero-order chi connectivity index (χ0) is 69.4. The molecule has 4 aliphatic heterocycles. The maximum absolute atomic E-state index is 14.7. The van der Waals surface area contributed by atoms with Gasteiger partial charge in [-0.1, -0.05) is 44.9 Å². The first-order valence-electron chi connectivity index (χ1n) is 35.0. The van der Waals surface area contributed by atoms with E-state index in [-0.39, 0.29) is 89.1 Å². The Morgan fingerprint density at radius 1 is 0.673 bits per heavy atom. The smallest absolute Gasteiger partial charge is 0.414 e. The average molecular weight is 1350 g/mol. The van der Waals surface area contributed by atoms with Crippen molar-refractivity contribution in [1.82, 2.24) is 35.6 Å². The number of hydrogen-bond acceptors (Lipinski definition) is 19. The lowest BCUT2D eigenvalue weighted by molar-refractivity contribution is -0.130. The van der Waals surface area contributed by atoms with Crippen molar-refractivity contribution in [3.05, 3.63) is 130 Å². The number of methoxy groups -OCH3 is 2. The van der Waals surface area contributed by atoms with Crippen LogP contribution < -0.4 is 61.6 Å². The number of ether oxygens (including phenoxy) is 7. The lowest BCUT2D eigenvalue weighted by Gasteiger charge is -2.63. The van der Waals surface area contributed by atoms with Crippen molar-refractivity contribution in [2.75, 3.05) is 88.2 Å². The summed E-state index contributed by atoms with van der Waals surface area (Å²) in [6.07, 6.45) is 10.7. The van der Waals surface area contributed by atoms with E-state index in [1.807, 2.05) is 18.2 Å². The number of amides is 3. The van der Waals surface area contributed by atoms with Crippen LogP contribution in [0.3, 0.4) is 0 Å². The minimum atomic E-state index is -1.15. The van der Waals surface area contributed by atoms with Gasteiger partial charge >= 0.3 is 12.1 Å². The molecule has 2 saturated heterocycles. The maximum Gasteiger partial charge on any atom is 0.414 e. The molecule has 4 aliphatic carbocycles. The Kier molecular flexibility index (Phi) is 20.4. The first kappa shape index (κ1) is 69.8. The predicted molar refractivity (Wildman–Crippen MR) is 371 cm³/mol. The predicted octanol–water partition coefficient (Wildman–Crippen LogP) is 6.97. The number of benzene rings is 4. The molecule has 8 aliphatic rings. The number of allylic oxidation sites excluding steroid dienone is 2. The van der Waals surface area contributed by atoms with Gasteiger partial charge in [0.25, 0.3) is 0 Å². The van der Waals surface area contributed by atoms with Crippen LogP contribution in [-0.2, 0) is 42.8 Å². The molecule has 0 saturated carbocycles. The SMILES string of the molecule is COc1ccc2c3c1O[C@H]1C(CC(=O)N(C)CCCC(=O)[C@H](CCCCN)NC(N[C@H](CCCCN)C(=O)NCCN(C)C(=O)OC4=CC[C@@]5(C)[C@H]6Cc7ccc(OC)c8c7[C@@]5(CCN6C)[C@H]4O8)Oc4ccc(C(=O)Oc5ccc(C(=N)N)cc5)cc4)=CC[C@@]4(C)[C@@H](C2)N(C)CC[C@]314. The molecule has 23 heteroatoms. The highest BCUT2D eigenvalue weighted by atomic mass is 16.6. The molecule has 11 atom stereocenters. The molecule has 12 rings (SSSR count). The van der Waals surface area contributed by atoms with E-state index in [1.54, 1.807) is 81.7 Å². The minimum Gasteiger partial charge on any atom is -0.493 e. The minimum absolute atomic E-state index is 0.0575. The molecule has 2 spiro atoms. The Labute approximate surface area is 575 Å². The number of nitrogens with one attached hydrogen (secondary N) is 4. The Hall–Kier alpha value is -8.06. The van der Waals surface area contributed by atoms with Crippen molar-refractivity contribution in [1.29, 1.82) is 5.41 Å². The van der Waals surface area contributed by atoms with E-state index in [4.69, 9.17) is 55.8 Å². The topological polar surface area (TPSA) is 301 Å². The number of nitrogens with two attached hydrogens (primary N) is 3. The van der Waals surface area contributed by atoms with Gasteiger partial charge in [0.1, 0.15) is 35.0 Å². The zero-order valence-corrected chi connectivity index (χ0v) is 58.1. The number of carbonyl (C=O) groups is 5. The maximum atomic E-state index is 14.7. The number of amidine groups is 1. The van der Waals surface area contributed by atoms with Gasteiger partial charge in [0, 0.05) is 85.2 Å². The monoisotopic (exact) mass is 1350 g/mol. The van der Waals surface area contributed by atoms with Crippen LogP contribution in [0.5, 0.6) is 34.5 Å². The molecule has 0 aromatic heterocycles. The van der Waals surface area contributed by atoms with Crippen LogP contribution in [0.1, 0.15) is 135 Å². The summed E-state index contributed by atoms with van der Waals surface area (Å²) in [5.41, 5.74) is 23.3. The number of nitrogens with zero attached hydrogens (tertiary/aromatic N) is 4. The fourth-order valence-corrected chi connectivity index (χ4v) is 17.9. The third-order valence-corrected chi connectivity index (χ3v) is 23.3. The van der Waals surface area contributed by atoms with Crippen LogP contribution >= 0.6 is 0 Å².